The molecule has 26 heavy (non-hydrogen) atoms. The largest absolute Gasteiger partial charge is 0.335 e. The van der Waals surface area contributed by atoms with Gasteiger partial charge < -0.3 is 9.88 Å². The molecule has 3 aromatic rings. The summed E-state index contributed by atoms with van der Waals surface area (Å²) in [5.41, 5.74) is 4.82. The Balaban J connectivity index is 0.00000180. The van der Waals surface area contributed by atoms with Gasteiger partial charge in [-0.2, -0.15) is 0 Å². The molecule has 1 aromatic heterocycles. The first-order chi connectivity index (χ1) is 12.6. The smallest absolute Gasteiger partial charge is 0.326 e. The summed E-state index contributed by atoms with van der Waals surface area (Å²) >= 11 is 0. The van der Waals surface area contributed by atoms with Crippen molar-refractivity contribution >= 4 is 16.9 Å². The van der Waals surface area contributed by atoms with Gasteiger partial charge in [-0.05, 0) is 48.6 Å². The molecule has 0 spiro atoms. The van der Waals surface area contributed by atoms with Crippen LogP contribution in [0.1, 0.15) is 41.7 Å². The number of hydrogen-bond acceptors (Lipinski definition) is 2. The molecule has 1 aliphatic carbocycles. The molecule has 5 heteroatoms. The van der Waals surface area contributed by atoms with Crippen LogP contribution in [0.15, 0.2) is 47.3 Å². The van der Waals surface area contributed by atoms with Crippen molar-refractivity contribution in [1.29, 1.82) is 0 Å². The zero-order valence-electron chi connectivity index (χ0n) is 14.7. The average Bonchev–Trinajstić information content (AvgIpc) is 3.18. The summed E-state index contributed by atoms with van der Waals surface area (Å²) < 4.78 is 1.56. The highest BCUT2D eigenvalue weighted by Gasteiger charge is 2.40. The number of H-pyrrole nitrogens is 1. The highest BCUT2D eigenvalue weighted by Crippen LogP contribution is 2.42. The number of nitrogens with one attached hydrogen (secondary N) is 1. The second kappa shape index (κ2) is 5.59. The first kappa shape index (κ1) is 15.4. The van der Waals surface area contributed by atoms with Crippen molar-refractivity contribution in [1.82, 2.24) is 14.5 Å². The van der Waals surface area contributed by atoms with E-state index in [1.54, 1.807) is 11.6 Å². The molecule has 2 aliphatic rings. The number of likely N-dealkylation sites (tertiary alicyclic amines) is 1. The SMILES string of the molecule is Cn1c(=O)[nH]c2cc(C(=O)N3CCCC4c5ccccc5CC43)ccc21.[HH]. The first-order valence-corrected chi connectivity index (χ1v) is 9.21. The van der Waals surface area contributed by atoms with Crippen LogP contribution in [0.5, 0.6) is 0 Å². The Morgan fingerprint density at radius 1 is 1.23 bits per heavy atom. The molecule has 0 radical (unpaired) electrons. The number of aromatic amines is 1. The summed E-state index contributed by atoms with van der Waals surface area (Å²) in [6, 6.07) is 14.3. The number of aryl methyl sites for hydroxylation is 1. The lowest BCUT2D eigenvalue weighted by Crippen LogP contribution is -2.46. The van der Waals surface area contributed by atoms with Gasteiger partial charge in [-0.3, -0.25) is 9.36 Å². The Labute approximate surface area is 152 Å². The fraction of sp³-hybridized carbons (Fsp3) is 0.333. The van der Waals surface area contributed by atoms with E-state index < -0.39 is 0 Å². The fourth-order valence-electron chi connectivity index (χ4n) is 4.77. The van der Waals surface area contributed by atoms with Gasteiger partial charge >= 0.3 is 5.69 Å². The molecule has 1 fully saturated rings. The van der Waals surface area contributed by atoms with Crippen LogP contribution in [0.4, 0.5) is 0 Å². The molecule has 0 saturated carbocycles. The predicted molar refractivity (Wildman–Crippen MR) is 103 cm³/mol. The van der Waals surface area contributed by atoms with E-state index in [9.17, 15) is 9.59 Å². The molecule has 1 saturated heterocycles. The monoisotopic (exact) mass is 349 g/mol. The fourth-order valence-corrected chi connectivity index (χ4v) is 4.77. The number of piperidine rings is 1. The number of imidazole rings is 1. The molecular formula is C21H23N3O2. The molecule has 1 amide bonds. The summed E-state index contributed by atoms with van der Waals surface area (Å²) in [6.45, 7) is 0.803. The topological polar surface area (TPSA) is 58.1 Å². The van der Waals surface area contributed by atoms with E-state index in [1.165, 1.54) is 11.1 Å². The Morgan fingerprint density at radius 3 is 2.96 bits per heavy atom. The van der Waals surface area contributed by atoms with Gasteiger partial charge in [0.25, 0.3) is 5.91 Å². The van der Waals surface area contributed by atoms with E-state index in [0.29, 0.717) is 17.0 Å². The number of amides is 1. The lowest BCUT2D eigenvalue weighted by Gasteiger charge is -2.38. The van der Waals surface area contributed by atoms with E-state index >= 15 is 0 Å². The van der Waals surface area contributed by atoms with Gasteiger partial charge in [-0.1, -0.05) is 24.3 Å². The molecule has 134 valence electrons. The number of carbonyl (C=O) groups is 1. The molecule has 5 rings (SSSR count). The van der Waals surface area contributed by atoms with E-state index in [0.717, 1.165) is 31.3 Å². The van der Waals surface area contributed by atoms with Gasteiger partial charge in [-0.25, -0.2) is 4.79 Å². The lowest BCUT2D eigenvalue weighted by atomic mass is 9.88. The van der Waals surface area contributed by atoms with Crippen molar-refractivity contribution < 1.29 is 6.22 Å². The minimum atomic E-state index is -0.158. The first-order valence-electron chi connectivity index (χ1n) is 9.21. The maximum absolute atomic E-state index is 13.3. The number of rotatable bonds is 1. The maximum Gasteiger partial charge on any atom is 0.326 e. The van der Waals surface area contributed by atoms with Crippen LogP contribution >= 0.6 is 0 Å². The second-order valence-corrected chi connectivity index (χ2v) is 7.44. The van der Waals surface area contributed by atoms with Crippen molar-refractivity contribution in [2.75, 3.05) is 6.54 Å². The molecule has 5 nitrogen and oxygen atoms in total. The summed E-state index contributed by atoms with van der Waals surface area (Å²) in [4.78, 5) is 29.9. The quantitative estimate of drug-likeness (QED) is 0.734. The molecule has 2 atom stereocenters. The van der Waals surface area contributed by atoms with Crippen molar-refractivity contribution in [3.05, 3.63) is 69.6 Å². The van der Waals surface area contributed by atoms with Gasteiger partial charge in [0.1, 0.15) is 0 Å². The molecule has 2 unspecified atom stereocenters. The summed E-state index contributed by atoms with van der Waals surface area (Å²) in [5.74, 6) is 0.517. The van der Waals surface area contributed by atoms with Gasteiger partial charge in [0.05, 0.1) is 11.0 Å². The minimum absolute atomic E-state index is 0. The number of hydrogen-bond donors (Lipinski definition) is 1. The Hall–Kier alpha value is -2.82. The third kappa shape index (κ3) is 2.16. The Kier molecular flexibility index (Phi) is 3.32. The standard InChI is InChI=1S/C21H21N3O2.H2/c1-23-18-9-8-14(11-17(18)22-21(23)26)20(25)24-10-4-7-16-15-6-3-2-5-13(15)12-19(16)24;/h2-3,5-6,8-9,11,16,19H,4,7,10,12H2,1H3,(H,22,26);1H. The maximum atomic E-state index is 13.3. The van der Waals surface area contributed by atoms with Gasteiger partial charge in [0, 0.05) is 32.5 Å². The molecular weight excluding hydrogens is 326 g/mol. The third-order valence-electron chi connectivity index (χ3n) is 6.07. The van der Waals surface area contributed by atoms with Crippen molar-refractivity contribution in [3.8, 4) is 0 Å². The zero-order chi connectivity index (χ0) is 17.8. The number of nitrogens with zero attached hydrogens (tertiary/aromatic N) is 2. The molecule has 1 aliphatic heterocycles. The Morgan fingerprint density at radius 2 is 2.08 bits per heavy atom. The second-order valence-electron chi connectivity index (χ2n) is 7.44. The van der Waals surface area contributed by atoms with Crippen molar-refractivity contribution in [3.63, 3.8) is 0 Å². The van der Waals surface area contributed by atoms with Crippen LogP contribution in [0.3, 0.4) is 0 Å². The van der Waals surface area contributed by atoms with Crippen LogP contribution in [-0.2, 0) is 13.5 Å². The van der Waals surface area contributed by atoms with E-state index in [2.05, 4.69) is 34.1 Å². The Bertz CT molecular complexity index is 1080. The molecule has 0 bridgehead atoms. The van der Waals surface area contributed by atoms with Crippen molar-refractivity contribution in [2.24, 2.45) is 7.05 Å². The number of aromatic nitrogens is 2. The summed E-state index contributed by atoms with van der Waals surface area (Å²) in [7, 11) is 1.73. The van der Waals surface area contributed by atoms with Crippen LogP contribution < -0.4 is 5.69 Å². The van der Waals surface area contributed by atoms with Gasteiger partial charge in [-0.15, -0.1) is 0 Å². The normalized spacial score (nSPS) is 21.7. The molecule has 1 N–H and O–H groups in total. The number of benzene rings is 2. The van der Waals surface area contributed by atoms with Gasteiger partial charge in [0.15, 0.2) is 0 Å². The lowest BCUT2D eigenvalue weighted by molar-refractivity contribution is 0.0595. The average molecular weight is 349 g/mol. The van der Waals surface area contributed by atoms with Crippen LogP contribution in [-0.4, -0.2) is 32.9 Å². The highest BCUT2D eigenvalue weighted by atomic mass is 16.2. The molecule has 2 heterocycles. The third-order valence-corrected chi connectivity index (χ3v) is 6.07. The number of fused-ring (bicyclic) bond motifs is 4. The van der Waals surface area contributed by atoms with Crippen LogP contribution in [0, 0.1) is 0 Å². The minimum Gasteiger partial charge on any atom is -0.335 e. The van der Waals surface area contributed by atoms with E-state index in [-0.39, 0.29) is 19.1 Å². The number of carbonyl (C=O) groups excluding carboxylic acids is 1. The summed E-state index contributed by atoms with van der Waals surface area (Å²) in [5, 5.41) is 0. The zero-order valence-corrected chi connectivity index (χ0v) is 14.7. The van der Waals surface area contributed by atoms with Crippen LogP contribution in [0.2, 0.25) is 0 Å². The highest BCUT2D eigenvalue weighted by molar-refractivity contribution is 5.97. The van der Waals surface area contributed by atoms with E-state index in [1.807, 2.05) is 18.2 Å². The van der Waals surface area contributed by atoms with Gasteiger partial charge in [0.2, 0.25) is 0 Å². The molecule has 2 aromatic carbocycles. The predicted octanol–water partition coefficient (Wildman–Crippen LogP) is 3.06. The van der Waals surface area contributed by atoms with Crippen LogP contribution in [0.25, 0.3) is 11.0 Å². The summed E-state index contributed by atoms with van der Waals surface area (Å²) in [6.07, 6.45) is 3.12. The van der Waals surface area contributed by atoms with Crippen molar-refractivity contribution in [2.45, 2.75) is 31.2 Å². The van der Waals surface area contributed by atoms with E-state index in [4.69, 9.17) is 0 Å².